The Hall–Kier alpha value is -3.82. The molecule has 3 aromatic rings. The second kappa shape index (κ2) is 9.33. The molecule has 0 saturated heterocycles. The van der Waals surface area contributed by atoms with Crippen molar-refractivity contribution in [1.82, 2.24) is 9.88 Å². The molecule has 0 saturated carbocycles. The minimum Gasteiger partial charge on any atom is -0.478 e. The van der Waals surface area contributed by atoms with E-state index in [0.717, 1.165) is 17.0 Å². The number of aromatic carboxylic acids is 1. The monoisotopic (exact) mass is 433 g/mol. The first-order chi connectivity index (χ1) is 14.8. The van der Waals surface area contributed by atoms with Crippen molar-refractivity contribution in [2.75, 3.05) is 0 Å². The average Bonchev–Trinajstić information content (AvgIpc) is 3.03. The Labute approximate surface area is 185 Å². The summed E-state index contributed by atoms with van der Waals surface area (Å²) < 4.78 is 1.89. The van der Waals surface area contributed by atoms with Gasteiger partial charge in [-0.3, -0.25) is 4.79 Å². The molecule has 0 aliphatic rings. The fraction of sp³-hybridized carbons (Fsp3) is 0.125. The largest absolute Gasteiger partial charge is 0.478 e. The fourth-order valence-corrected chi connectivity index (χ4v) is 3.58. The van der Waals surface area contributed by atoms with Gasteiger partial charge in [0.25, 0.3) is 5.91 Å². The van der Waals surface area contributed by atoms with Crippen LogP contribution in [0.3, 0.4) is 0 Å². The van der Waals surface area contributed by atoms with E-state index in [2.05, 4.69) is 5.32 Å². The van der Waals surface area contributed by atoms with Gasteiger partial charge in [-0.25, -0.2) is 4.79 Å². The standard InChI is InChI=1S/C24H20ClN3O3/c1-15-10-18(11-19(13-26)23(29)27-14-17-6-4-3-5-7-17)16(2)28(15)20-8-9-21(24(30)31)22(25)12-20/h3-12H,14H2,1-2H3,(H,27,29)(H,30,31)/b19-11-. The molecule has 1 heterocycles. The van der Waals surface area contributed by atoms with E-state index in [4.69, 9.17) is 16.7 Å². The van der Waals surface area contributed by atoms with Crippen molar-refractivity contribution in [3.05, 3.63) is 93.3 Å². The minimum absolute atomic E-state index is 0.00422. The van der Waals surface area contributed by atoms with Gasteiger partial charge in [0.05, 0.1) is 10.6 Å². The first-order valence-electron chi connectivity index (χ1n) is 9.48. The molecule has 0 aliphatic carbocycles. The van der Waals surface area contributed by atoms with Gasteiger partial charge in [0.1, 0.15) is 11.6 Å². The molecular weight excluding hydrogens is 414 g/mol. The molecule has 0 fully saturated rings. The van der Waals surface area contributed by atoms with E-state index in [1.807, 2.05) is 60.9 Å². The quantitative estimate of drug-likeness (QED) is 0.436. The normalized spacial score (nSPS) is 11.1. The first-order valence-corrected chi connectivity index (χ1v) is 9.85. The van der Waals surface area contributed by atoms with Crippen molar-refractivity contribution in [2.24, 2.45) is 0 Å². The molecule has 0 unspecified atom stereocenters. The van der Waals surface area contributed by atoms with Crippen molar-refractivity contribution in [1.29, 1.82) is 5.26 Å². The number of carbonyl (C=O) groups excluding carboxylic acids is 1. The number of carbonyl (C=O) groups is 2. The lowest BCUT2D eigenvalue weighted by Crippen LogP contribution is -2.23. The lowest BCUT2D eigenvalue weighted by molar-refractivity contribution is -0.117. The Morgan fingerprint density at radius 1 is 1.16 bits per heavy atom. The highest BCUT2D eigenvalue weighted by Gasteiger charge is 2.15. The number of carboxylic acids is 1. The zero-order valence-corrected chi connectivity index (χ0v) is 17.8. The van der Waals surface area contributed by atoms with E-state index < -0.39 is 11.9 Å². The number of aromatic nitrogens is 1. The molecular formula is C24H20ClN3O3. The molecule has 0 aliphatic heterocycles. The van der Waals surface area contributed by atoms with E-state index in [1.165, 1.54) is 6.07 Å². The molecule has 31 heavy (non-hydrogen) atoms. The van der Waals surface area contributed by atoms with E-state index in [0.29, 0.717) is 17.8 Å². The van der Waals surface area contributed by atoms with Gasteiger partial charge in [0.15, 0.2) is 0 Å². The van der Waals surface area contributed by atoms with E-state index in [9.17, 15) is 14.9 Å². The third-order valence-corrected chi connectivity index (χ3v) is 5.19. The second-order valence-electron chi connectivity index (χ2n) is 6.97. The van der Waals surface area contributed by atoms with Crippen molar-refractivity contribution in [2.45, 2.75) is 20.4 Å². The third-order valence-electron chi connectivity index (χ3n) is 4.87. The summed E-state index contributed by atoms with van der Waals surface area (Å²) in [7, 11) is 0. The molecule has 0 radical (unpaired) electrons. The van der Waals surface area contributed by atoms with Crippen LogP contribution >= 0.6 is 11.6 Å². The summed E-state index contributed by atoms with van der Waals surface area (Å²) in [4.78, 5) is 23.7. The van der Waals surface area contributed by atoms with Crippen LogP contribution in [0.5, 0.6) is 0 Å². The molecule has 156 valence electrons. The van der Waals surface area contributed by atoms with Crippen molar-refractivity contribution >= 4 is 29.6 Å². The highest BCUT2D eigenvalue weighted by molar-refractivity contribution is 6.33. The predicted molar refractivity (Wildman–Crippen MR) is 119 cm³/mol. The third kappa shape index (κ3) is 4.85. The smallest absolute Gasteiger partial charge is 0.337 e. The van der Waals surface area contributed by atoms with Crippen LogP contribution in [-0.4, -0.2) is 21.6 Å². The lowest BCUT2D eigenvalue weighted by Gasteiger charge is -2.11. The summed E-state index contributed by atoms with van der Waals surface area (Å²) in [5.74, 6) is -1.55. The molecule has 1 amide bonds. The summed E-state index contributed by atoms with van der Waals surface area (Å²) in [6.07, 6.45) is 1.55. The Morgan fingerprint density at radius 2 is 1.87 bits per heavy atom. The number of hydrogen-bond donors (Lipinski definition) is 2. The summed E-state index contributed by atoms with van der Waals surface area (Å²) >= 11 is 6.12. The van der Waals surface area contributed by atoms with E-state index in [-0.39, 0.29) is 16.2 Å². The highest BCUT2D eigenvalue weighted by atomic mass is 35.5. The van der Waals surface area contributed by atoms with Crippen LogP contribution in [0.2, 0.25) is 5.02 Å². The Morgan fingerprint density at radius 3 is 2.48 bits per heavy atom. The zero-order valence-electron chi connectivity index (χ0n) is 17.0. The summed E-state index contributed by atoms with van der Waals surface area (Å²) in [6, 6.07) is 18.0. The van der Waals surface area contributed by atoms with Crippen LogP contribution in [0.15, 0.2) is 60.2 Å². The maximum atomic E-state index is 12.5. The average molecular weight is 434 g/mol. The number of benzene rings is 2. The number of hydrogen-bond acceptors (Lipinski definition) is 3. The Bertz CT molecular complexity index is 1220. The van der Waals surface area contributed by atoms with Gasteiger partial charge >= 0.3 is 5.97 Å². The van der Waals surface area contributed by atoms with Crippen molar-refractivity contribution in [3.63, 3.8) is 0 Å². The number of aryl methyl sites for hydroxylation is 1. The maximum Gasteiger partial charge on any atom is 0.337 e. The topological polar surface area (TPSA) is 95.1 Å². The molecule has 0 bridgehead atoms. The highest BCUT2D eigenvalue weighted by Crippen LogP contribution is 2.26. The van der Waals surface area contributed by atoms with E-state index in [1.54, 1.807) is 18.2 Å². The number of nitrogens with zero attached hydrogens (tertiary/aromatic N) is 2. The van der Waals surface area contributed by atoms with Gasteiger partial charge < -0.3 is 15.0 Å². The number of halogens is 1. The van der Waals surface area contributed by atoms with Gasteiger partial charge in [-0.15, -0.1) is 0 Å². The van der Waals surface area contributed by atoms with E-state index >= 15 is 0 Å². The fourth-order valence-electron chi connectivity index (χ4n) is 3.33. The summed E-state index contributed by atoms with van der Waals surface area (Å²) in [6.45, 7) is 4.06. The minimum atomic E-state index is -1.10. The van der Waals surface area contributed by atoms with Gasteiger partial charge in [-0.05, 0) is 55.3 Å². The zero-order chi connectivity index (χ0) is 22.5. The lowest BCUT2D eigenvalue weighted by atomic mass is 10.1. The Kier molecular flexibility index (Phi) is 6.58. The maximum absolute atomic E-state index is 12.5. The first kappa shape index (κ1) is 21.9. The van der Waals surface area contributed by atoms with Crippen LogP contribution in [0.4, 0.5) is 0 Å². The molecule has 3 rings (SSSR count). The molecule has 7 heteroatoms. The van der Waals surface area contributed by atoms with Crippen LogP contribution < -0.4 is 5.32 Å². The van der Waals surface area contributed by atoms with Gasteiger partial charge in [-0.2, -0.15) is 5.26 Å². The Balaban J connectivity index is 1.88. The summed E-state index contributed by atoms with van der Waals surface area (Å²) in [5, 5.41) is 21.6. The van der Waals surface area contributed by atoms with Crippen LogP contribution in [0.1, 0.15) is 32.9 Å². The van der Waals surface area contributed by atoms with Crippen molar-refractivity contribution in [3.8, 4) is 11.8 Å². The van der Waals surface area contributed by atoms with Gasteiger partial charge in [-0.1, -0.05) is 41.9 Å². The van der Waals surface area contributed by atoms with Crippen molar-refractivity contribution < 1.29 is 14.7 Å². The predicted octanol–water partition coefficient (Wildman–Crippen LogP) is 4.67. The van der Waals surface area contributed by atoms with Crippen LogP contribution in [-0.2, 0) is 11.3 Å². The molecule has 1 aromatic heterocycles. The van der Waals surface area contributed by atoms with Crippen LogP contribution in [0.25, 0.3) is 11.8 Å². The number of rotatable bonds is 6. The number of nitrogens with one attached hydrogen (secondary N) is 1. The summed E-state index contributed by atoms with van der Waals surface area (Å²) in [5.41, 5.74) is 4.00. The van der Waals surface area contributed by atoms with Gasteiger partial charge in [0.2, 0.25) is 0 Å². The molecule has 2 aromatic carbocycles. The van der Waals surface area contributed by atoms with Gasteiger partial charge in [0, 0.05) is 23.6 Å². The molecule has 0 atom stereocenters. The SMILES string of the molecule is Cc1cc(/C=C(/C#N)C(=O)NCc2ccccc2)c(C)n1-c1ccc(C(=O)O)c(Cl)c1. The number of carboxylic acid groups (broad SMARTS) is 1. The van der Waals surface area contributed by atoms with Crippen LogP contribution in [0, 0.1) is 25.2 Å². The molecule has 0 spiro atoms. The number of amides is 1. The molecule has 2 N–H and O–H groups in total. The number of nitriles is 1. The molecule has 6 nitrogen and oxygen atoms in total. The second-order valence-corrected chi connectivity index (χ2v) is 7.38.